The molecule has 4 nitrogen and oxygen atoms in total. The van der Waals surface area contributed by atoms with Gasteiger partial charge in [0.15, 0.2) is 11.5 Å². The first-order valence-corrected chi connectivity index (χ1v) is 9.39. The summed E-state index contributed by atoms with van der Waals surface area (Å²) in [6.45, 7) is 5.99. The fourth-order valence-electron chi connectivity index (χ4n) is 4.39. The molecular formula is C17H24INO3. The fourth-order valence-corrected chi connectivity index (χ4v) is 5.03. The number of rotatable bonds is 2. The van der Waals surface area contributed by atoms with Crippen LogP contribution in [0.4, 0.5) is 0 Å². The number of aliphatic hydroxyl groups excluding tert-OH is 1. The molecule has 1 spiro atoms. The van der Waals surface area contributed by atoms with E-state index in [4.69, 9.17) is 4.74 Å². The van der Waals surface area contributed by atoms with Crippen LogP contribution in [0, 0.1) is 5.92 Å². The highest BCUT2D eigenvalue weighted by atomic mass is 127. The molecule has 0 aromatic heterocycles. The first kappa shape index (κ1) is 16.3. The van der Waals surface area contributed by atoms with Gasteiger partial charge in [0.2, 0.25) is 0 Å². The van der Waals surface area contributed by atoms with Crippen LogP contribution in [0.3, 0.4) is 0 Å². The van der Waals surface area contributed by atoms with Crippen molar-refractivity contribution in [1.29, 1.82) is 0 Å². The summed E-state index contributed by atoms with van der Waals surface area (Å²) >= 11 is 2.36. The zero-order valence-corrected chi connectivity index (χ0v) is 15.5. The Kier molecular flexibility index (Phi) is 4.33. The molecule has 2 aliphatic rings. The lowest BCUT2D eigenvalue weighted by Gasteiger charge is -2.47. The average Bonchev–Trinajstić information content (AvgIpc) is 2.82. The number of phenolic OH excluding ortho intramolecular Hbond substituents is 1. The molecule has 0 bridgehead atoms. The summed E-state index contributed by atoms with van der Waals surface area (Å²) in [6, 6.07) is 3.71. The third kappa shape index (κ3) is 2.24. The Morgan fingerprint density at radius 1 is 1.50 bits per heavy atom. The molecule has 4 unspecified atom stereocenters. The van der Waals surface area contributed by atoms with Crippen LogP contribution in [0.2, 0.25) is 0 Å². The quantitative estimate of drug-likeness (QED) is 0.574. The molecular weight excluding hydrogens is 393 g/mol. The standard InChI is InChI=1S/C17H24INO3/c1-10-9-19(3)7-6-17(10)14-12(8-18)4-5-13(21)15(14)22-16(17)11(2)20/h4-5,10-11,16,20-21H,6-9H2,1-3H3. The van der Waals surface area contributed by atoms with Gasteiger partial charge in [-0.3, -0.25) is 0 Å². The van der Waals surface area contributed by atoms with Crippen LogP contribution in [0.25, 0.3) is 0 Å². The Bertz CT molecular complexity index is 577. The lowest BCUT2D eigenvalue weighted by molar-refractivity contribution is -0.0281. The first-order valence-electron chi connectivity index (χ1n) is 7.86. The van der Waals surface area contributed by atoms with E-state index in [1.807, 2.05) is 6.07 Å². The molecule has 0 radical (unpaired) electrons. The number of benzene rings is 1. The monoisotopic (exact) mass is 417 g/mol. The highest BCUT2D eigenvalue weighted by Crippen LogP contribution is 2.56. The third-order valence-corrected chi connectivity index (χ3v) is 6.22. The molecule has 0 saturated carbocycles. The lowest BCUT2D eigenvalue weighted by Crippen LogP contribution is -2.56. The van der Waals surface area contributed by atoms with Crippen LogP contribution in [0.5, 0.6) is 11.5 Å². The van der Waals surface area contributed by atoms with Gasteiger partial charge < -0.3 is 19.8 Å². The maximum absolute atomic E-state index is 10.4. The molecule has 1 aromatic carbocycles. The molecule has 2 N–H and O–H groups in total. The van der Waals surface area contributed by atoms with Crippen molar-refractivity contribution in [2.75, 3.05) is 20.1 Å². The van der Waals surface area contributed by atoms with E-state index in [9.17, 15) is 10.2 Å². The van der Waals surface area contributed by atoms with Gasteiger partial charge >= 0.3 is 0 Å². The number of aliphatic hydroxyl groups is 1. The molecule has 22 heavy (non-hydrogen) atoms. The summed E-state index contributed by atoms with van der Waals surface area (Å²) in [4.78, 5) is 2.33. The van der Waals surface area contributed by atoms with Gasteiger partial charge in [-0.05, 0) is 44.5 Å². The number of fused-ring (bicyclic) bond motifs is 2. The van der Waals surface area contributed by atoms with Crippen molar-refractivity contribution >= 4 is 22.6 Å². The van der Waals surface area contributed by atoms with Crippen LogP contribution >= 0.6 is 22.6 Å². The third-order valence-electron chi connectivity index (χ3n) is 5.40. The number of alkyl halides is 1. The molecule has 122 valence electrons. The Morgan fingerprint density at radius 2 is 2.23 bits per heavy atom. The van der Waals surface area contributed by atoms with Crippen molar-refractivity contribution < 1.29 is 14.9 Å². The summed E-state index contributed by atoms with van der Waals surface area (Å²) in [6.07, 6.45) is 0.0845. The largest absolute Gasteiger partial charge is 0.504 e. The van der Waals surface area contributed by atoms with Crippen LogP contribution < -0.4 is 4.74 Å². The van der Waals surface area contributed by atoms with Gasteiger partial charge in [-0.2, -0.15) is 0 Å². The smallest absolute Gasteiger partial charge is 0.165 e. The second kappa shape index (κ2) is 5.83. The molecule has 2 heterocycles. The molecule has 1 fully saturated rings. The first-order chi connectivity index (χ1) is 10.4. The molecule has 5 heteroatoms. The van der Waals surface area contributed by atoms with Gasteiger partial charge in [0.05, 0.1) is 6.10 Å². The zero-order chi connectivity index (χ0) is 16.1. The van der Waals surface area contributed by atoms with Crippen molar-refractivity contribution in [3.8, 4) is 11.5 Å². The van der Waals surface area contributed by atoms with Gasteiger partial charge in [0.25, 0.3) is 0 Å². The summed E-state index contributed by atoms with van der Waals surface area (Å²) < 4.78 is 6.99. The topological polar surface area (TPSA) is 52.9 Å². The average molecular weight is 417 g/mol. The Labute approximate surface area is 145 Å². The minimum atomic E-state index is -0.570. The normalized spacial score (nSPS) is 32.8. The van der Waals surface area contributed by atoms with Gasteiger partial charge in [-0.25, -0.2) is 0 Å². The predicted octanol–water partition coefficient (Wildman–Crippen LogP) is 2.68. The molecule has 0 aliphatic carbocycles. The zero-order valence-electron chi connectivity index (χ0n) is 13.3. The van der Waals surface area contributed by atoms with E-state index >= 15 is 0 Å². The molecule has 2 aliphatic heterocycles. The summed E-state index contributed by atoms with van der Waals surface area (Å²) in [5, 5.41) is 20.6. The number of likely N-dealkylation sites (tertiary alicyclic amines) is 1. The van der Waals surface area contributed by atoms with Crippen LogP contribution in [-0.2, 0) is 9.84 Å². The number of hydrogen-bond acceptors (Lipinski definition) is 4. The van der Waals surface area contributed by atoms with Crippen LogP contribution in [-0.4, -0.2) is 47.5 Å². The van der Waals surface area contributed by atoms with Gasteiger partial charge in [-0.15, -0.1) is 0 Å². The minimum Gasteiger partial charge on any atom is -0.504 e. The van der Waals surface area contributed by atoms with E-state index in [-0.39, 0.29) is 17.3 Å². The Hall–Kier alpha value is -0.530. The fraction of sp³-hybridized carbons (Fsp3) is 0.647. The van der Waals surface area contributed by atoms with E-state index in [1.54, 1.807) is 13.0 Å². The maximum Gasteiger partial charge on any atom is 0.165 e. The van der Waals surface area contributed by atoms with Crippen LogP contribution in [0.15, 0.2) is 12.1 Å². The SMILES string of the molecule is CC(O)C1Oc2c(O)ccc(CI)c2C12CCN(C)CC2C. The van der Waals surface area contributed by atoms with Crippen LogP contribution in [0.1, 0.15) is 31.4 Å². The van der Waals surface area contributed by atoms with E-state index in [0.717, 1.165) is 29.5 Å². The van der Waals surface area contributed by atoms with E-state index < -0.39 is 6.10 Å². The van der Waals surface area contributed by atoms with Crippen molar-refractivity contribution in [3.63, 3.8) is 0 Å². The second-order valence-corrected chi connectivity index (χ2v) is 7.58. The number of piperidine rings is 1. The van der Waals surface area contributed by atoms with Crippen molar-refractivity contribution in [3.05, 3.63) is 23.3 Å². The maximum atomic E-state index is 10.4. The van der Waals surface area contributed by atoms with Crippen molar-refractivity contribution in [2.24, 2.45) is 5.92 Å². The van der Waals surface area contributed by atoms with Crippen molar-refractivity contribution in [1.82, 2.24) is 4.90 Å². The number of nitrogens with zero attached hydrogens (tertiary/aromatic N) is 1. The van der Waals surface area contributed by atoms with E-state index in [0.29, 0.717) is 11.7 Å². The number of aromatic hydroxyl groups is 1. The molecule has 1 aromatic rings. The van der Waals surface area contributed by atoms with Crippen molar-refractivity contribution in [2.45, 2.75) is 42.3 Å². The lowest BCUT2D eigenvalue weighted by atomic mass is 9.62. The molecule has 3 rings (SSSR count). The minimum absolute atomic E-state index is 0.192. The predicted molar refractivity (Wildman–Crippen MR) is 94.9 cm³/mol. The Morgan fingerprint density at radius 3 is 2.82 bits per heavy atom. The summed E-state index contributed by atoms with van der Waals surface area (Å²) in [7, 11) is 2.14. The number of ether oxygens (including phenoxy) is 1. The van der Waals surface area contributed by atoms with Gasteiger partial charge in [-0.1, -0.05) is 35.6 Å². The molecule has 4 atom stereocenters. The Balaban J connectivity index is 2.21. The summed E-state index contributed by atoms with van der Waals surface area (Å²) in [5.41, 5.74) is 2.14. The van der Waals surface area contributed by atoms with E-state index in [1.165, 1.54) is 5.56 Å². The second-order valence-electron chi connectivity index (χ2n) is 6.81. The highest BCUT2D eigenvalue weighted by molar-refractivity contribution is 14.1. The highest BCUT2D eigenvalue weighted by Gasteiger charge is 2.57. The van der Waals surface area contributed by atoms with E-state index in [2.05, 4.69) is 41.5 Å². The summed E-state index contributed by atoms with van der Waals surface area (Å²) in [5.74, 6) is 1.14. The molecule has 0 amide bonds. The number of phenols is 1. The number of hydrogen-bond donors (Lipinski definition) is 2. The number of halogens is 1. The van der Waals surface area contributed by atoms with Gasteiger partial charge in [0, 0.05) is 22.0 Å². The van der Waals surface area contributed by atoms with Gasteiger partial charge in [0.1, 0.15) is 6.10 Å². The molecule has 1 saturated heterocycles.